The Morgan fingerprint density at radius 1 is 1.26 bits per heavy atom. The lowest BCUT2D eigenvalue weighted by Gasteiger charge is -2.13. The molecule has 0 bridgehead atoms. The smallest absolute Gasteiger partial charge is 0.393 e. The molecule has 0 aliphatic carbocycles. The van der Waals surface area contributed by atoms with Gasteiger partial charge in [-0.15, -0.1) is 0 Å². The van der Waals surface area contributed by atoms with E-state index in [2.05, 4.69) is 4.74 Å². The number of benzene rings is 1. The zero-order valence-corrected chi connectivity index (χ0v) is 10.9. The highest BCUT2D eigenvalue weighted by molar-refractivity contribution is 5.26. The molecule has 0 aromatic heterocycles. The van der Waals surface area contributed by atoms with E-state index in [1.807, 2.05) is 31.2 Å². The summed E-state index contributed by atoms with van der Waals surface area (Å²) in [4.78, 5) is 0. The fraction of sp³-hybridized carbons (Fsp3) is 0.571. The maximum Gasteiger partial charge on any atom is 0.411 e. The zero-order chi connectivity index (χ0) is 14.3. The summed E-state index contributed by atoms with van der Waals surface area (Å²) in [7, 11) is 0. The SMILES string of the molecule is Cc1ccccc1CC(O)CCCOCC(F)(F)F. The van der Waals surface area contributed by atoms with Crippen LogP contribution in [0.5, 0.6) is 0 Å². The van der Waals surface area contributed by atoms with E-state index >= 15 is 0 Å². The summed E-state index contributed by atoms with van der Waals surface area (Å²) in [6.45, 7) is 0.764. The first-order valence-electron chi connectivity index (χ1n) is 6.25. The van der Waals surface area contributed by atoms with Gasteiger partial charge in [-0.1, -0.05) is 24.3 Å². The van der Waals surface area contributed by atoms with Gasteiger partial charge in [0.1, 0.15) is 6.61 Å². The van der Waals surface area contributed by atoms with Crippen molar-refractivity contribution in [1.82, 2.24) is 0 Å². The third-order valence-corrected chi connectivity index (χ3v) is 2.81. The van der Waals surface area contributed by atoms with Crippen LogP contribution in [0, 0.1) is 6.92 Å². The van der Waals surface area contributed by atoms with Gasteiger partial charge in [0.15, 0.2) is 0 Å². The Balaban J connectivity index is 2.18. The molecular formula is C14H19F3O2. The number of halogens is 3. The van der Waals surface area contributed by atoms with Crippen LogP contribution in [0.2, 0.25) is 0 Å². The molecule has 1 aromatic rings. The van der Waals surface area contributed by atoms with Gasteiger partial charge in [0, 0.05) is 6.61 Å². The number of aliphatic hydroxyl groups excluding tert-OH is 1. The number of aliphatic hydroxyl groups is 1. The molecule has 0 heterocycles. The highest BCUT2D eigenvalue weighted by atomic mass is 19.4. The number of aryl methyl sites for hydroxylation is 1. The Morgan fingerprint density at radius 3 is 2.58 bits per heavy atom. The second-order valence-electron chi connectivity index (χ2n) is 4.59. The highest BCUT2D eigenvalue weighted by Gasteiger charge is 2.27. The van der Waals surface area contributed by atoms with E-state index in [4.69, 9.17) is 0 Å². The molecule has 2 nitrogen and oxygen atoms in total. The van der Waals surface area contributed by atoms with Crippen molar-refractivity contribution in [3.8, 4) is 0 Å². The standard InChI is InChI=1S/C14H19F3O2/c1-11-5-2-3-6-12(11)9-13(18)7-4-8-19-10-14(15,16)17/h2-3,5-6,13,18H,4,7-10H2,1H3. The fourth-order valence-electron chi connectivity index (χ4n) is 1.80. The van der Waals surface area contributed by atoms with Crippen LogP contribution in [0.3, 0.4) is 0 Å². The Kier molecular flexibility index (Phi) is 6.31. The average Bonchev–Trinajstić information content (AvgIpc) is 2.30. The Bertz CT molecular complexity index is 377. The number of hydrogen-bond donors (Lipinski definition) is 1. The van der Waals surface area contributed by atoms with E-state index in [0.29, 0.717) is 19.3 Å². The summed E-state index contributed by atoms with van der Waals surface area (Å²) in [5, 5.41) is 9.81. The fourth-order valence-corrected chi connectivity index (χ4v) is 1.80. The van der Waals surface area contributed by atoms with Crippen molar-refractivity contribution in [2.24, 2.45) is 0 Å². The summed E-state index contributed by atoms with van der Waals surface area (Å²) in [6, 6.07) is 7.74. The molecule has 1 rings (SSSR count). The first-order chi connectivity index (χ1) is 8.88. The summed E-state index contributed by atoms with van der Waals surface area (Å²) >= 11 is 0. The van der Waals surface area contributed by atoms with Gasteiger partial charge in [-0.05, 0) is 37.3 Å². The summed E-state index contributed by atoms with van der Waals surface area (Å²) < 4.78 is 39.9. The number of hydrogen-bond acceptors (Lipinski definition) is 2. The molecule has 1 aromatic carbocycles. The first-order valence-corrected chi connectivity index (χ1v) is 6.25. The second-order valence-corrected chi connectivity index (χ2v) is 4.59. The van der Waals surface area contributed by atoms with Gasteiger partial charge in [0.25, 0.3) is 0 Å². The average molecular weight is 276 g/mol. The molecule has 0 radical (unpaired) electrons. The van der Waals surface area contributed by atoms with Gasteiger partial charge in [-0.2, -0.15) is 13.2 Å². The third-order valence-electron chi connectivity index (χ3n) is 2.81. The van der Waals surface area contributed by atoms with Crippen molar-refractivity contribution in [2.75, 3.05) is 13.2 Å². The van der Waals surface area contributed by atoms with Gasteiger partial charge in [0.05, 0.1) is 6.10 Å². The van der Waals surface area contributed by atoms with E-state index < -0.39 is 18.9 Å². The lowest BCUT2D eigenvalue weighted by atomic mass is 10.0. The van der Waals surface area contributed by atoms with Gasteiger partial charge in [0.2, 0.25) is 0 Å². The molecule has 19 heavy (non-hydrogen) atoms. The second kappa shape index (κ2) is 7.50. The minimum absolute atomic E-state index is 0.0182. The van der Waals surface area contributed by atoms with Gasteiger partial charge in [-0.3, -0.25) is 0 Å². The Labute approximate surface area is 111 Å². The van der Waals surface area contributed by atoms with Crippen molar-refractivity contribution in [3.05, 3.63) is 35.4 Å². The van der Waals surface area contributed by atoms with Gasteiger partial charge >= 0.3 is 6.18 Å². The Morgan fingerprint density at radius 2 is 1.95 bits per heavy atom. The molecule has 0 aliphatic rings. The minimum atomic E-state index is -4.28. The quantitative estimate of drug-likeness (QED) is 0.775. The third kappa shape index (κ3) is 7.18. The first kappa shape index (κ1) is 16.0. The number of alkyl halides is 3. The normalized spacial score (nSPS) is 13.5. The minimum Gasteiger partial charge on any atom is -0.393 e. The van der Waals surface area contributed by atoms with E-state index in [1.165, 1.54) is 0 Å². The highest BCUT2D eigenvalue weighted by Crippen LogP contribution is 2.15. The molecule has 1 unspecified atom stereocenters. The van der Waals surface area contributed by atoms with E-state index in [-0.39, 0.29) is 6.61 Å². The molecular weight excluding hydrogens is 257 g/mol. The summed E-state index contributed by atoms with van der Waals surface area (Å²) in [6.07, 6.45) is -3.45. The molecule has 0 fully saturated rings. The molecule has 0 spiro atoms. The van der Waals surface area contributed by atoms with E-state index in [0.717, 1.165) is 11.1 Å². The number of rotatable bonds is 7. The molecule has 0 saturated heterocycles. The van der Waals surface area contributed by atoms with Crippen LogP contribution in [0.1, 0.15) is 24.0 Å². The molecule has 5 heteroatoms. The van der Waals surface area contributed by atoms with Crippen molar-refractivity contribution in [1.29, 1.82) is 0 Å². The van der Waals surface area contributed by atoms with Crippen LogP contribution in [-0.2, 0) is 11.2 Å². The lowest BCUT2D eigenvalue weighted by molar-refractivity contribution is -0.174. The maximum atomic E-state index is 11.8. The molecule has 0 amide bonds. The van der Waals surface area contributed by atoms with E-state index in [1.54, 1.807) is 0 Å². The summed E-state index contributed by atoms with van der Waals surface area (Å²) in [5.41, 5.74) is 2.17. The molecule has 108 valence electrons. The lowest BCUT2D eigenvalue weighted by Crippen LogP contribution is -2.18. The predicted octanol–water partition coefficient (Wildman–Crippen LogP) is 3.26. The van der Waals surface area contributed by atoms with Crippen LogP contribution in [0.25, 0.3) is 0 Å². The number of ether oxygens (including phenoxy) is 1. The van der Waals surface area contributed by atoms with Crippen LogP contribution in [0.4, 0.5) is 13.2 Å². The molecule has 0 saturated carbocycles. The molecule has 0 aliphatic heterocycles. The molecule has 1 N–H and O–H groups in total. The van der Waals surface area contributed by atoms with Crippen LogP contribution in [-0.4, -0.2) is 30.6 Å². The predicted molar refractivity (Wildman–Crippen MR) is 67.0 cm³/mol. The van der Waals surface area contributed by atoms with Gasteiger partial charge in [-0.25, -0.2) is 0 Å². The largest absolute Gasteiger partial charge is 0.411 e. The summed E-state index contributed by atoms with van der Waals surface area (Å²) in [5.74, 6) is 0. The maximum absolute atomic E-state index is 11.8. The van der Waals surface area contributed by atoms with Crippen molar-refractivity contribution < 1.29 is 23.0 Å². The van der Waals surface area contributed by atoms with Crippen LogP contribution in [0.15, 0.2) is 24.3 Å². The molecule has 1 atom stereocenters. The Hall–Kier alpha value is -1.07. The van der Waals surface area contributed by atoms with Crippen molar-refractivity contribution in [2.45, 2.75) is 38.5 Å². The van der Waals surface area contributed by atoms with Crippen LogP contribution < -0.4 is 0 Å². The zero-order valence-electron chi connectivity index (χ0n) is 10.9. The van der Waals surface area contributed by atoms with Crippen molar-refractivity contribution in [3.63, 3.8) is 0 Å². The van der Waals surface area contributed by atoms with Crippen LogP contribution >= 0.6 is 0 Å². The van der Waals surface area contributed by atoms with E-state index in [9.17, 15) is 18.3 Å². The van der Waals surface area contributed by atoms with Gasteiger partial charge < -0.3 is 9.84 Å². The topological polar surface area (TPSA) is 29.5 Å². The monoisotopic (exact) mass is 276 g/mol. The van der Waals surface area contributed by atoms with Crippen molar-refractivity contribution >= 4 is 0 Å².